The number of imidazole rings is 1. The number of fused-ring (bicyclic) bond motifs is 1. The Morgan fingerprint density at radius 1 is 1.36 bits per heavy atom. The minimum Gasteiger partial charge on any atom is -0.344 e. The van der Waals surface area contributed by atoms with Crippen molar-refractivity contribution >= 4 is 36.3 Å². The van der Waals surface area contributed by atoms with Crippen molar-refractivity contribution in [3.05, 3.63) is 60.4 Å². The van der Waals surface area contributed by atoms with Gasteiger partial charge in [-0.2, -0.15) is 5.10 Å². The molecule has 0 saturated heterocycles. The average Bonchev–Trinajstić information content (AvgIpc) is 3.33. The first-order chi connectivity index (χ1) is 13.2. The molecule has 3 heterocycles. The standard InChI is InChI=1S/C20H21N7.ClH/c1-14-8-21-9-16-4-3-5-18(20(14)16)26-15(2)23-6-7-27-13-22-12-19(27)17-10-24-25-11-17;/h3-7,9-14H,8H2,1-2H3,(H,23,26)(H,24,25);1H/b7-6-;. The maximum Gasteiger partial charge on any atom is 0.103 e. The Balaban J connectivity index is 0.00000225. The van der Waals surface area contributed by atoms with Crippen molar-refractivity contribution in [2.24, 2.45) is 9.98 Å². The smallest absolute Gasteiger partial charge is 0.103 e. The van der Waals surface area contributed by atoms with E-state index in [4.69, 9.17) is 0 Å². The number of rotatable bonds is 4. The van der Waals surface area contributed by atoms with E-state index in [1.807, 2.05) is 36.2 Å². The summed E-state index contributed by atoms with van der Waals surface area (Å²) in [6, 6.07) is 6.23. The molecule has 4 rings (SSSR count). The molecule has 0 bridgehead atoms. The highest BCUT2D eigenvalue weighted by atomic mass is 35.5. The lowest BCUT2D eigenvalue weighted by Crippen LogP contribution is -2.15. The maximum absolute atomic E-state index is 4.51. The number of benzene rings is 1. The normalized spacial score (nSPS) is 16.1. The molecular weight excluding hydrogens is 374 g/mol. The van der Waals surface area contributed by atoms with Crippen LogP contribution in [0.15, 0.2) is 59.3 Å². The van der Waals surface area contributed by atoms with Crippen molar-refractivity contribution in [1.29, 1.82) is 0 Å². The summed E-state index contributed by atoms with van der Waals surface area (Å²) in [5.41, 5.74) is 5.48. The molecule has 28 heavy (non-hydrogen) atoms. The van der Waals surface area contributed by atoms with Gasteiger partial charge < -0.3 is 9.88 Å². The van der Waals surface area contributed by atoms with E-state index in [0.29, 0.717) is 5.92 Å². The first-order valence-electron chi connectivity index (χ1n) is 8.84. The van der Waals surface area contributed by atoms with Crippen molar-refractivity contribution in [2.75, 3.05) is 11.9 Å². The average molecular weight is 396 g/mol. The van der Waals surface area contributed by atoms with Crippen LogP contribution in [0.25, 0.3) is 17.5 Å². The Kier molecular flexibility index (Phi) is 6.06. The summed E-state index contributed by atoms with van der Waals surface area (Å²) in [5, 5.41) is 10.2. The zero-order chi connectivity index (χ0) is 18.6. The van der Waals surface area contributed by atoms with E-state index >= 15 is 0 Å². The molecule has 2 aromatic heterocycles. The van der Waals surface area contributed by atoms with E-state index in [0.717, 1.165) is 29.3 Å². The number of aliphatic imine (C=N–C) groups is 2. The molecule has 0 fully saturated rings. The predicted octanol–water partition coefficient (Wildman–Crippen LogP) is 4.19. The van der Waals surface area contributed by atoms with E-state index in [-0.39, 0.29) is 12.4 Å². The van der Waals surface area contributed by atoms with Gasteiger partial charge in [-0.3, -0.25) is 10.1 Å². The number of halogens is 1. The van der Waals surface area contributed by atoms with E-state index in [1.54, 1.807) is 24.9 Å². The molecule has 1 unspecified atom stereocenters. The number of amidine groups is 1. The van der Waals surface area contributed by atoms with Gasteiger partial charge in [-0.1, -0.05) is 19.1 Å². The van der Waals surface area contributed by atoms with Gasteiger partial charge in [0.25, 0.3) is 0 Å². The van der Waals surface area contributed by atoms with Crippen molar-refractivity contribution < 1.29 is 0 Å². The minimum atomic E-state index is 0. The Morgan fingerprint density at radius 3 is 3.07 bits per heavy atom. The van der Waals surface area contributed by atoms with E-state index in [2.05, 4.69) is 49.5 Å². The lowest BCUT2D eigenvalue weighted by atomic mass is 9.92. The molecule has 0 amide bonds. The number of hydrogen-bond acceptors (Lipinski definition) is 4. The zero-order valence-corrected chi connectivity index (χ0v) is 16.5. The van der Waals surface area contributed by atoms with Gasteiger partial charge in [-0.15, -0.1) is 12.4 Å². The van der Waals surface area contributed by atoms with E-state index in [1.165, 1.54) is 11.1 Å². The van der Waals surface area contributed by atoms with Crippen molar-refractivity contribution in [2.45, 2.75) is 19.8 Å². The lowest BCUT2D eigenvalue weighted by Gasteiger charge is -2.21. The summed E-state index contributed by atoms with van der Waals surface area (Å²) in [6.45, 7) is 4.97. The van der Waals surface area contributed by atoms with Gasteiger partial charge in [-0.05, 0) is 24.1 Å². The number of H-pyrrole nitrogens is 1. The van der Waals surface area contributed by atoms with Crippen LogP contribution < -0.4 is 5.32 Å². The Labute approximate surface area is 169 Å². The van der Waals surface area contributed by atoms with Crippen LogP contribution in [-0.2, 0) is 0 Å². The zero-order valence-electron chi connectivity index (χ0n) is 15.7. The van der Waals surface area contributed by atoms with Crippen LogP contribution in [0, 0.1) is 0 Å². The fraction of sp³-hybridized carbons (Fsp3) is 0.200. The summed E-state index contributed by atoms with van der Waals surface area (Å²) >= 11 is 0. The monoisotopic (exact) mass is 395 g/mol. The predicted molar refractivity (Wildman–Crippen MR) is 116 cm³/mol. The third-order valence-electron chi connectivity index (χ3n) is 4.51. The molecule has 1 atom stereocenters. The van der Waals surface area contributed by atoms with Crippen LogP contribution in [0.3, 0.4) is 0 Å². The highest BCUT2D eigenvalue weighted by molar-refractivity contribution is 5.97. The van der Waals surface area contributed by atoms with Crippen LogP contribution in [0.1, 0.15) is 30.9 Å². The summed E-state index contributed by atoms with van der Waals surface area (Å²) in [4.78, 5) is 13.1. The number of aromatic amines is 1. The molecule has 7 nitrogen and oxygen atoms in total. The molecule has 0 spiro atoms. The molecule has 0 saturated carbocycles. The van der Waals surface area contributed by atoms with Gasteiger partial charge in [0.2, 0.25) is 0 Å². The molecule has 8 heteroatoms. The topological polar surface area (TPSA) is 83.2 Å². The molecule has 1 aliphatic rings. The van der Waals surface area contributed by atoms with Crippen LogP contribution in [0.5, 0.6) is 0 Å². The lowest BCUT2D eigenvalue weighted by molar-refractivity contribution is 0.767. The number of nitrogens with one attached hydrogen (secondary N) is 2. The Hall–Kier alpha value is -3.19. The second-order valence-electron chi connectivity index (χ2n) is 6.51. The first kappa shape index (κ1) is 19.6. The van der Waals surface area contributed by atoms with Crippen molar-refractivity contribution in [3.63, 3.8) is 0 Å². The molecule has 0 radical (unpaired) electrons. The van der Waals surface area contributed by atoms with Crippen LogP contribution in [-0.4, -0.2) is 38.3 Å². The number of nitrogens with zero attached hydrogens (tertiary/aromatic N) is 5. The van der Waals surface area contributed by atoms with Gasteiger partial charge in [0.05, 0.1) is 24.4 Å². The van der Waals surface area contributed by atoms with Crippen LogP contribution >= 0.6 is 12.4 Å². The fourth-order valence-corrected chi connectivity index (χ4v) is 3.24. The molecule has 2 N–H and O–H groups in total. The molecule has 3 aromatic rings. The minimum absolute atomic E-state index is 0. The second-order valence-corrected chi connectivity index (χ2v) is 6.51. The first-order valence-corrected chi connectivity index (χ1v) is 8.84. The summed E-state index contributed by atoms with van der Waals surface area (Å²) in [7, 11) is 0. The fourth-order valence-electron chi connectivity index (χ4n) is 3.24. The summed E-state index contributed by atoms with van der Waals surface area (Å²) in [6.07, 6.45) is 12.7. The Bertz CT molecular complexity index is 1020. The van der Waals surface area contributed by atoms with Gasteiger partial charge in [0, 0.05) is 48.5 Å². The van der Waals surface area contributed by atoms with Gasteiger partial charge in [0.1, 0.15) is 5.84 Å². The highest BCUT2D eigenvalue weighted by Crippen LogP contribution is 2.30. The molecule has 0 aliphatic carbocycles. The largest absolute Gasteiger partial charge is 0.344 e. The van der Waals surface area contributed by atoms with Gasteiger partial charge in [-0.25, -0.2) is 9.98 Å². The number of hydrogen-bond donors (Lipinski definition) is 2. The van der Waals surface area contributed by atoms with E-state index < -0.39 is 0 Å². The SMILES string of the molecule is CC(=N/C=C\n1cncc1-c1cn[nH]c1)Nc1cccc2c1C(C)CN=C2.Cl. The molecule has 1 aliphatic heterocycles. The second kappa shape index (κ2) is 8.67. The Morgan fingerprint density at radius 2 is 2.25 bits per heavy atom. The molecule has 144 valence electrons. The number of anilines is 1. The van der Waals surface area contributed by atoms with Gasteiger partial charge in [0.15, 0.2) is 0 Å². The number of aromatic nitrogens is 4. The summed E-state index contributed by atoms with van der Waals surface area (Å²) < 4.78 is 1.91. The van der Waals surface area contributed by atoms with Crippen LogP contribution in [0.4, 0.5) is 5.69 Å². The maximum atomic E-state index is 4.51. The van der Waals surface area contributed by atoms with Crippen molar-refractivity contribution in [1.82, 2.24) is 19.7 Å². The van der Waals surface area contributed by atoms with Crippen LogP contribution in [0.2, 0.25) is 0 Å². The molecule has 1 aromatic carbocycles. The van der Waals surface area contributed by atoms with E-state index in [9.17, 15) is 0 Å². The highest BCUT2D eigenvalue weighted by Gasteiger charge is 2.17. The third-order valence-corrected chi connectivity index (χ3v) is 4.51. The van der Waals surface area contributed by atoms with Gasteiger partial charge >= 0.3 is 0 Å². The van der Waals surface area contributed by atoms with Crippen molar-refractivity contribution in [3.8, 4) is 11.3 Å². The molecular formula is C20H22ClN7. The quantitative estimate of drug-likeness (QED) is 0.513. The third kappa shape index (κ3) is 4.04. The summed E-state index contributed by atoms with van der Waals surface area (Å²) in [5.74, 6) is 1.21.